The largest absolute Gasteiger partial charge is 0.303 e. The molecule has 0 atom stereocenters. The van der Waals surface area contributed by atoms with Gasteiger partial charge in [-0.2, -0.15) is 0 Å². The van der Waals surface area contributed by atoms with E-state index in [2.05, 4.69) is 25.7 Å². The second-order valence-corrected chi connectivity index (χ2v) is 6.38. The van der Waals surface area contributed by atoms with Gasteiger partial charge in [-0.1, -0.05) is 27.2 Å². The van der Waals surface area contributed by atoms with E-state index in [4.69, 9.17) is 0 Å². The molecule has 0 aromatic rings. The maximum Gasteiger partial charge on any atom is 0.000439 e. The van der Waals surface area contributed by atoms with Gasteiger partial charge in [0, 0.05) is 6.54 Å². The second-order valence-electron chi connectivity index (χ2n) is 6.38. The zero-order valence-electron chi connectivity index (χ0n) is 10.8. The highest BCUT2D eigenvalue weighted by atomic mass is 15.1. The Labute approximate surface area is 95.2 Å². The van der Waals surface area contributed by atoms with Crippen LogP contribution < -0.4 is 0 Å². The second kappa shape index (κ2) is 4.45. The third kappa shape index (κ3) is 2.55. The van der Waals surface area contributed by atoms with Crippen molar-refractivity contribution < 1.29 is 0 Å². The molecule has 88 valence electrons. The van der Waals surface area contributed by atoms with Crippen LogP contribution in [0.2, 0.25) is 0 Å². The molecule has 0 aromatic heterocycles. The predicted molar refractivity (Wildman–Crippen MR) is 66.0 cm³/mol. The lowest BCUT2D eigenvalue weighted by Crippen LogP contribution is -2.47. The van der Waals surface area contributed by atoms with E-state index in [-0.39, 0.29) is 0 Å². The summed E-state index contributed by atoms with van der Waals surface area (Å²) in [5.74, 6) is 1.91. The summed E-state index contributed by atoms with van der Waals surface area (Å²) in [4.78, 5) is 2.68. The molecule has 2 aliphatic rings. The van der Waals surface area contributed by atoms with Crippen LogP contribution in [0.4, 0.5) is 0 Å². The molecule has 1 saturated carbocycles. The minimum atomic E-state index is 0.800. The fraction of sp³-hybridized carbons (Fsp3) is 1.00. The van der Waals surface area contributed by atoms with E-state index in [1.807, 2.05) is 0 Å². The zero-order valence-corrected chi connectivity index (χ0v) is 10.8. The minimum Gasteiger partial charge on any atom is -0.303 e. The number of likely N-dealkylation sites (tertiary alicyclic amines) is 1. The van der Waals surface area contributed by atoms with Crippen molar-refractivity contribution in [2.45, 2.75) is 52.9 Å². The summed E-state index contributed by atoms with van der Waals surface area (Å²) in [6, 6.07) is 0. The molecule has 0 radical (unpaired) electrons. The smallest absolute Gasteiger partial charge is 0.000439 e. The van der Waals surface area contributed by atoms with Crippen LogP contribution in [0.25, 0.3) is 0 Å². The quantitative estimate of drug-likeness (QED) is 0.687. The van der Waals surface area contributed by atoms with Crippen LogP contribution in [-0.2, 0) is 0 Å². The van der Waals surface area contributed by atoms with E-state index >= 15 is 0 Å². The molecule has 0 amide bonds. The molecule has 2 fully saturated rings. The topological polar surface area (TPSA) is 3.24 Å². The van der Waals surface area contributed by atoms with Gasteiger partial charge in [-0.05, 0) is 56.0 Å². The first-order valence-electron chi connectivity index (χ1n) is 6.86. The third-order valence-corrected chi connectivity index (χ3v) is 4.56. The first kappa shape index (κ1) is 11.4. The van der Waals surface area contributed by atoms with E-state index in [1.54, 1.807) is 12.8 Å². The summed E-state index contributed by atoms with van der Waals surface area (Å²) >= 11 is 0. The molecular formula is C14H27N. The summed E-state index contributed by atoms with van der Waals surface area (Å²) in [7, 11) is 0. The van der Waals surface area contributed by atoms with Crippen molar-refractivity contribution in [1.82, 2.24) is 4.90 Å². The molecule has 1 nitrogen and oxygen atoms in total. The number of nitrogens with zero attached hydrogens (tertiary/aromatic N) is 1. The van der Waals surface area contributed by atoms with Crippen molar-refractivity contribution in [2.24, 2.45) is 17.3 Å². The van der Waals surface area contributed by atoms with Gasteiger partial charge in [0.2, 0.25) is 0 Å². The molecule has 0 aromatic carbocycles. The zero-order chi connectivity index (χ0) is 10.9. The average molecular weight is 209 g/mol. The van der Waals surface area contributed by atoms with Gasteiger partial charge in [0.05, 0.1) is 0 Å². The van der Waals surface area contributed by atoms with Crippen molar-refractivity contribution >= 4 is 0 Å². The number of piperidine rings is 1. The molecule has 15 heavy (non-hydrogen) atoms. The maximum atomic E-state index is 2.68. The Bertz CT molecular complexity index is 193. The van der Waals surface area contributed by atoms with Crippen LogP contribution >= 0.6 is 0 Å². The SMILES string of the molecule is CCC1CC2(CCN(CC(C)C)CC2)C1. The molecule has 1 aliphatic carbocycles. The number of rotatable bonds is 3. The summed E-state index contributed by atoms with van der Waals surface area (Å²) in [6.45, 7) is 11.1. The van der Waals surface area contributed by atoms with Gasteiger partial charge < -0.3 is 4.90 Å². The van der Waals surface area contributed by atoms with E-state index in [0.29, 0.717) is 0 Å². The average Bonchev–Trinajstić information content (AvgIpc) is 2.15. The first-order valence-corrected chi connectivity index (χ1v) is 6.86. The van der Waals surface area contributed by atoms with Crippen LogP contribution in [0.5, 0.6) is 0 Å². The van der Waals surface area contributed by atoms with E-state index < -0.39 is 0 Å². The van der Waals surface area contributed by atoms with Crippen molar-refractivity contribution in [3.8, 4) is 0 Å². The Morgan fingerprint density at radius 1 is 1.20 bits per heavy atom. The standard InChI is InChI=1S/C14H27N/c1-4-13-9-14(10-13)5-7-15(8-6-14)11-12(2)3/h12-13H,4-11H2,1-3H3. The molecule has 1 heterocycles. The molecule has 0 unspecified atom stereocenters. The van der Waals surface area contributed by atoms with Gasteiger partial charge in [-0.15, -0.1) is 0 Å². The van der Waals surface area contributed by atoms with Gasteiger partial charge in [0.25, 0.3) is 0 Å². The third-order valence-electron chi connectivity index (χ3n) is 4.56. The Hall–Kier alpha value is -0.0400. The highest BCUT2D eigenvalue weighted by Gasteiger charge is 2.44. The first-order chi connectivity index (χ1) is 7.13. The van der Waals surface area contributed by atoms with E-state index in [0.717, 1.165) is 17.3 Å². The molecule has 1 heteroatoms. The molecule has 1 saturated heterocycles. The van der Waals surface area contributed by atoms with Gasteiger partial charge in [-0.25, -0.2) is 0 Å². The predicted octanol–water partition coefficient (Wildman–Crippen LogP) is 3.54. The van der Waals surface area contributed by atoms with Crippen LogP contribution in [0.15, 0.2) is 0 Å². The van der Waals surface area contributed by atoms with Crippen molar-refractivity contribution in [3.05, 3.63) is 0 Å². The highest BCUT2D eigenvalue weighted by Crippen LogP contribution is 2.53. The van der Waals surface area contributed by atoms with Gasteiger partial charge >= 0.3 is 0 Å². The van der Waals surface area contributed by atoms with E-state index in [1.165, 1.54) is 38.9 Å². The minimum absolute atomic E-state index is 0.800. The number of hydrogen-bond acceptors (Lipinski definition) is 1. The Balaban J connectivity index is 1.73. The molecule has 1 spiro atoms. The molecule has 2 rings (SSSR count). The number of hydrogen-bond donors (Lipinski definition) is 0. The lowest BCUT2D eigenvalue weighted by atomic mass is 9.57. The normalized spacial score (nSPS) is 27.2. The lowest BCUT2D eigenvalue weighted by molar-refractivity contribution is -0.0165. The van der Waals surface area contributed by atoms with E-state index in [9.17, 15) is 0 Å². The molecule has 1 aliphatic heterocycles. The monoisotopic (exact) mass is 209 g/mol. The summed E-state index contributed by atoms with van der Waals surface area (Å²) in [5.41, 5.74) is 0.800. The van der Waals surface area contributed by atoms with Gasteiger partial charge in [0.1, 0.15) is 0 Å². The van der Waals surface area contributed by atoms with Crippen LogP contribution in [0, 0.1) is 17.3 Å². The lowest BCUT2D eigenvalue weighted by Gasteiger charge is -2.52. The summed E-state index contributed by atoms with van der Waals surface area (Å²) in [6.07, 6.45) is 7.46. The maximum absolute atomic E-state index is 2.68. The Morgan fingerprint density at radius 3 is 2.27 bits per heavy atom. The van der Waals surface area contributed by atoms with Crippen LogP contribution in [-0.4, -0.2) is 24.5 Å². The van der Waals surface area contributed by atoms with Gasteiger partial charge in [0.15, 0.2) is 0 Å². The van der Waals surface area contributed by atoms with Gasteiger partial charge in [-0.3, -0.25) is 0 Å². The molecule has 0 N–H and O–H groups in total. The Kier molecular flexibility index (Phi) is 3.39. The fourth-order valence-electron chi connectivity index (χ4n) is 3.59. The highest BCUT2D eigenvalue weighted by molar-refractivity contribution is 4.96. The molecular weight excluding hydrogens is 182 g/mol. The summed E-state index contributed by atoms with van der Waals surface area (Å²) in [5, 5.41) is 0. The fourth-order valence-corrected chi connectivity index (χ4v) is 3.59. The Morgan fingerprint density at radius 2 is 1.80 bits per heavy atom. The van der Waals surface area contributed by atoms with Crippen molar-refractivity contribution in [3.63, 3.8) is 0 Å². The van der Waals surface area contributed by atoms with Crippen LogP contribution in [0.3, 0.4) is 0 Å². The molecule has 0 bridgehead atoms. The summed E-state index contributed by atoms with van der Waals surface area (Å²) < 4.78 is 0. The van der Waals surface area contributed by atoms with Crippen molar-refractivity contribution in [1.29, 1.82) is 0 Å². The van der Waals surface area contributed by atoms with Crippen LogP contribution in [0.1, 0.15) is 52.9 Å². The van der Waals surface area contributed by atoms with Crippen molar-refractivity contribution in [2.75, 3.05) is 19.6 Å².